The van der Waals surface area contributed by atoms with E-state index in [1.54, 1.807) is 0 Å². The van der Waals surface area contributed by atoms with Gasteiger partial charge < -0.3 is 10.4 Å². The fourth-order valence-electron chi connectivity index (χ4n) is 1.36. The van der Waals surface area contributed by atoms with Crippen LogP contribution >= 0.6 is 11.6 Å². The summed E-state index contributed by atoms with van der Waals surface area (Å²) in [6.07, 6.45) is 4.82. The second kappa shape index (κ2) is 6.54. The molecule has 1 atom stereocenters. The van der Waals surface area contributed by atoms with Crippen LogP contribution in [0.5, 0.6) is 0 Å². The van der Waals surface area contributed by atoms with Crippen LogP contribution in [-0.2, 0) is 4.79 Å². The average Bonchev–Trinajstić information content (AvgIpc) is 2.37. The van der Waals surface area contributed by atoms with Crippen molar-refractivity contribution in [3.8, 4) is 12.3 Å². The van der Waals surface area contributed by atoms with Gasteiger partial charge in [-0.15, -0.1) is 12.3 Å². The molecule has 0 aliphatic rings. The fourth-order valence-corrected chi connectivity index (χ4v) is 1.61. The summed E-state index contributed by atoms with van der Waals surface area (Å²) >= 11 is 5.66. The van der Waals surface area contributed by atoms with Crippen molar-refractivity contribution in [3.05, 3.63) is 38.9 Å². The lowest BCUT2D eigenvalue weighted by Gasteiger charge is -2.11. The summed E-state index contributed by atoms with van der Waals surface area (Å²) in [7, 11) is 0. The summed E-state index contributed by atoms with van der Waals surface area (Å²) < 4.78 is 0. The monoisotopic (exact) mass is 296 g/mol. The summed E-state index contributed by atoms with van der Waals surface area (Å²) in [6.45, 7) is 0. The van der Waals surface area contributed by atoms with Crippen LogP contribution in [0.15, 0.2) is 18.2 Å². The van der Waals surface area contributed by atoms with Gasteiger partial charge in [0.05, 0.1) is 4.92 Å². The number of hydrogen-bond donors (Lipinski definition) is 2. The third-order valence-electron chi connectivity index (χ3n) is 2.33. The summed E-state index contributed by atoms with van der Waals surface area (Å²) in [5.74, 6) is 0.125. The van der Waals surface area contributed by atoms with Crippen LogP contribution in [0.1, 0.15) is 16.8 Å². The van der Waals surface area contributed by atoms with Crippen molar-refractivity contribution in [2.45, 2.75) is 12.5 Å². The Kier molecular flexibility index (Phi) is 5.06. The highest BCUT2D eigenvalue weighted by atomic mass is 35.5. The molecule has 20 heavy (non-hydrogen) atoms. The Labute approximate surface area is 118 Å². The van der Waals surface area contributed by atoms with Gasteiger partial charge in [0.15, 0.2) is 0 Å². The molecule has 0 saturated carbocycles. The van der Waals surface area contributed by atoms with Gasteiger partial charge in [0.2, 0.25) is 0 Å². The maximum Gasteiger partial charge on any atom is 0.327 e. The summed E-state index contributed by atoms with van der Waals surface area (Å²) in [6, 6.07) is 2.09. The molecule has 0 spiro atoms. The lowest BCUT2D eigenvalue weighted by atomic mass is 10.1. The van der Waals surface area contributed by atoms with Gasteiger partial charge in [-0.05, 0) is 12.1 Å². The first-order valence-corrected chi connectivity index (χ1v) is 5.65. The predicted molar refractivity (Wildman–Crippen MR) is 70.4 cm³/mol. The van der Waals surface area contributed by atoms with Crippen molar-refractivity contribution in [2.75, 3.05) is 0 Å². The van der Waals surface area contributed by atoms with E-state index in [0.717, 1.165) is 12.1 Å². The largest absolute Gasteiger partial charge is 0.480 e. The van der Waals surface area contributed by atoms with Gasteiger partial charge in [0.1, 0.15) is 11.1 Å². The van der Waals surface area contributed by atoms with Gasteiger partial charge in [0.25, 0.3) is 11.6 Å². The number of amides is 1. The van der Waals surface area contributed by atoms with Crippen molar-refractivity contribution in [2.24, 2.45) is 0 Å². The van der Waals surface area contributed by atoms with Crippen molar-refractivity contribution >= 4 is 29.2 Å². The van der Waals surface area contributed by atoms with E-state index >= 15 is 0 Å². The van der Waals surface area contributed by atoms with Gasteiger partial charge in [0, 0.05) is 18.1 Å². The quantitative estimate of drug-likeness (QED) is 0.485. The van der Waals surface area contributed by atoms with Crippen LogP contribution in [0.2, 0.25) is 5.02 Å². The SMILES string of the molecule is C#CCC(NC(=O)c1ccc([N+](=O)[O-])c(Cl)c1)C(=O)O. The molecule has 1 unspecified atom stereocenters. The molecule has 1 aromatic carbocycles. The molecule has 1 aromatic rings. The number of nitro groups is 1. The topological polar surface area (TPSA) is 110 Å². The minimum Gasteiger partial charge on any atom is -0.480 e. The second-order valence-electron chi connectivity index (χ2n) is 3.70. The maximum absolute atomic E-state index is 11.8. The smallest absolute Gasteiger partial charge is 0.327 e. The minimum atomic E-state index is -1.27. The van der Waals surface area contributed by atoms with Crippen molar-refractivity contribution in [3.63, 3.8) is 0 Å². The normalized spacial score (nSPS) is 11.2. The fraction of sp³-hybridized carbons (Fsp3) is 0.167. The number of nitrogens with one attached hydrogen (secondary N) is 1. The molecule has 0 aromatic heterocycles. The van der Waals surface area contributed by atoms with Crippen molar-refractivity contribution in [1.29, 1.82) is 0 Å². The number of halogens is 1. The van der Waals surface area contributed by atoms with E-state index in [1.807, 2.05) is 0 Å². The molecule has 8 heteroatoms. The standard InChI is InChI=1S/C12H9ClN2O5/c1-2-3-9(12(17)18)14-11(16)7-4-5-10(15(19)20)8(13)6-7/h1,4-6,9H,3H2,(H,14,16)(H,17,18). The molecular weight excluding hydrogens is 288 g/mol. The summed E-state index contributed by atoms with van der Waals surface area (Å²) in [4.78, 5) is 32.5. The third kappa shape index (κ3) is 3.70. The molecule has 0 radical (unpaired) electrons. The Morgan fingerprint density at radius 3 is 2.65 bits per heavy atom. The third-order valence-corrected chi connectivity index (χ3v) is 2.63. The molecule has 0 fully saturated rings. The zero-order chi connectivity index (χ0) is 15.3. The Balaban J connectivity index is 2.93. The molecule has 2 N–H and O–H groups in total. The molecular formula is C12H9ClN2O5. The van der Waals surface area contributed by atoms with E-state index < -0.39 is 22.8 Å². The molecule has 0 heterocycles. The molecule has 0 aliphatic heterocycles. The van der Waals surface area contributed by atoms with E-state index in [0.29, 0.717) is 0 Å². The molecule has 1 amide bonds. The summed E-state index contributed by atoms with van der Waals surface area (Å²) in [5.41, 5.74) is -0.342. The van der Waals surface area contributed by atoms with Crippen molar-refractivity contribution < 1.29 is 19.6 Å². The number of carbonyl (C=O) groups is 2. The zero-order valence-corrected chi connectivity index (χ0v) is 10.8. The number of benzene rings is 1. The highest BCUT2D eigenvalue weighted by molar-refractivity contribution is 6.33. The minimum absolute atomic E-state index is 0.00358. The number of aliphatic carboxylic acids is 1. The highest BCUT2D eigenvalue weighted by Gasteiger charge is 2.21. The highest BCUT2D eigenvalue weighted by Crippen LogP contribution is 2.24. The number of carboxylic acids is 1. The molecule has 7 nitrogen and oxygen atoms in total. The van der Waals surface area contributed by atoms with Gasteiger partial charge in [-0.25, -0.2) is 4.79 Å². The number of rotatable bonds is 5. The maximum atomic E-state index is 11.8. The average molecular weight is 297 g/mol. The summed E-state index contributed by atoms with van der Waals surface area (Å²) in [5, 5.41) is 21.4. The Morgan fingerprint density at radius 2 is 2.20 bits per heavy atom. The van der Waals surface area contributed by atoms with Crippen molar-refractivity contribution in [1.82, 2.24) is 5.32 Å². The first kappa shape index (κ1) is 15.5. The van der Waals surface area contributed by atoms with Gasteiger partial charge in [-0.2, -0.15) is 0 Å². The number of terminal acetylenes is 1. The number of carboxylic acid groups (broad SMARTS) is 1. The van der Waals surface area contributed by atoms with Crippen LogP contribution in [0.25, 0.3) is 0 Å². The van der Waals surface area contributed by atoms with Gasteiger partial charge in [-0.3, -0.25) is 14.9 Å². The van der Waals surface area contributed by atoms with E-state index in [9.17, 15) is 19.7 Å². The Bertz CT molecular complexity index is 608. The van der Waals surface area contributed by atoms with E-state index in [1.165, 1.54) is 6.07 Å². The lowest BCUT2D eigenvalue weighted by molar-refractivity contribution is -0.384. The predicted octanol–water partition coefficient (Wildman–Crippen LogP) is 1.45. The number of carbonyl (C=O) groups excluding carboxylic acids is 1. The first-order valence-electron chi connectivity index (χ1n) is 5.28. The van der Waals surface area contributed by atoms with Crippen LogP contribution < -0.4 is 5.32 Å². The van der Waals surface area contributed by atoms with Crippen LogP contribution in [-0.4, -0.2) is 27.9 Å². The molecule has 104 valence electrons. The lowest BCUT2D eigenvalue weighted by Crippen LogP contribution is -2.40. The van der Waals surface area contributed by atoms with Gasteiger partial charge in [-0.1, -0.05) is 11.6 Å². The number of hydrogen-bond acceptors (Lipinski definition) is 4. The van der Waals surface area contributed by atoms with Crippen LogP contribution in [0.4, 0.5) is 5.69 Å². The van der Waals surface area contributed by atoms with Crippen LogP contribution in [0, 0.1) is 22.5 Å². The number of nitrogens with zero attached hydrogens (tertiary/aromatic N) is 1. The first-order chi connectivity index (χ1) is 9.36. The van der Waals surface area contributed by atoms with Crippen LogP contribution in [0.3, 0.4) is 0 Å². The molecule has 1 rings (SSSR count). The molecule has 0 aliphatic carbocycles. The zero-order valence-electron chi connectivity index (χ0n) is 10.00. The van der Waals surface area contributed by atoms with E-state index in [4.69, 9.17) is 23.1 Å². The van der Waals surface area contributed by atoms with Gasteiger partial charge >= 0.3 is 5.97 Å². The Morgan fingerprint density at radius 1 is 1.55 bits per heavy atom. The molecule has 0 saturated heterocycles. The number of nitro benzene ring substituents is 1. The molecule has 0 bridgehead atoms. The van der Waals surface area contributed by atoms with E-state index in [2.05, 4.69) is 11.2 Å². The second-order valence-corrected chi connectivity index (χ2v) is 4.10. The Hall–Kier alpha value is -2.59. The van der Waals surface area contributed by atoms with E-state index in [-0.39, 0.29) is 22.7 Å².